The number of hydrogen-bond donors (Lipinski definition) is 0. The van der Waals surface area contributed by atoms with Gasteiger partial charge in [0.1, 0.15) is 11.2 Å². The fourth-order valence-corrected chi connectivity index (χ4v) is 7.20. The highest BCUT2D eigenvalue weighted by molar-refractivity contribution is 7.23. The van der Waals surface area contributed by atoms with Crippen molar-refractivity contribution in [3.63, 3.8) is 0 Å². The summed E-state index contributed by atoms with van der Waals surface area (Å²) in [6.45, 7) is 0. The van der Waals surface area contributed by atoms with E-state index in [1.165, 1.54) is 0 Å². The predicted molar refractivity (Wildman–Crippen MR) is 162 cm³/mol. The zero-order chi connectivity index (χ0) is 25.7. The van der Waals surface area contributed by atoms with E-state index in [-0.39, 0.29) is 5.56 Å². The third-order valence-electron chi connectivity index (χ3n) is 7.84. The summed E-state index contributed by atoms with van der Waals surface area (Å²) in [6, 6.07) is 37.0. The van der Waals surface area contributed by atoms with Crippen molar-refractivity contribution in [3.8, 4) is 11.1 Å². The fourth-order valence-electron chi connectivity index (χ4n) is 6.14. The summed E-state index contributed by atoms with van der Waals surface area (Å²) in [4.78, 5) is 20.0. The lowest BCUT2D eigenvalue weighted by Gasteiger charge is -2.09. The second-order valence-corrected chi connectivity index (χ2v) is 10.9. The van der Waals surface area contributed by atoms with Crippen molar-refractivity contribution in [2.75, 3.05) is 0 Å². The van der Waals surface area contributed by atoms with E-state index in [1.807, 2.05) is 66.7 Å². The lowest BCUT2D eigenvalue weighted by atomic mass is 9.98. The van der Waals surface area contributed by atoms with E-state index < -0.39 is 0 Å². The third-order valence-corrected chi connectivity index (χ3v) is 8.84. The van der Waals surface area contributed by atoms with Gasteiger partial charge < -0.3 is 4.42 Å². The molecular formula is C34H18N2O2S. The third kappa shape index (κ3) is 2.77. The molecule has 0 atom stereocenters. The first-order valence-electron chi connectivity index (χ1n) is 12.9. The second kappa shape index (κ2) is 7.53. The molecule has 9 aromatic rings. The highest BCUT2D eigenvalue weighted by Gasteiger charge is 2.18. The van der Waals surface area contributed by atoms with E-state index in [0.29, 0.717) is 10.3 Å². The monoisotopic (exact) mass is 518 g/mol. The Balaban J connectivity index is 1.38. The molecule has 0 amide bonds. The van der Waals surface area contributed by atoms with Crippen LogP contribution < -0.4 is 5.56 Å². The summed E-state index contributed by atoms with van der Waals surface area (Å²) in [7, 11) is 0. The number of aromatic nitrogens is 2. The Hall–Kier alpha value is -5.00. The number of rotatable bonds is 1. The highest BCUT2D eigenvalue weighted by Crippen LogP contribution is 2.39. The van der Waals surface area contributed by atoms with E-state index >= 15 is 0 Å². The molecule has 0 fully saturated rings. The predicted octanol–water partition coefficient (Wildman–Crippen LogP) is 8.94. The summed E-state index contributed by atoms with van der Waals surface area (Å²) >= 11 is 1.55. The lowest BCUT2D eigenvalue weighted by Crippen LogP contribution is -2.14. The molecule has 0 unspecified atom stereocenters. The molecule has 0 saturated heterocycles. The first kappa shape index (κ1) is 21.0. The van der Waals surface area contributed by atoms with Crippen LogP contribution in [0.2, 0.25) is 0 Å². The molecule has 4 nitrogen and oxygen atoms in total. The molecule has 0 bridgehead atoms. The van der Waals surface area contributed by atoms with Crippen LogP contribution in [-0.2, 0) is 0 Å². The van der Waals surface area contributed by atoms with Gasteiger partial charge in [-0.15, -0.1) is 0 Å². The first-order chi connectivity index (χ1) is 19.3. The minimum absolute atomic E-state index is 0.0288. The van der Waals surface area contributed by atoms with Crippen molar-refractivity contribution in [1.29, 1.82) is 0 Å². The van der Waals surface area contributed by atoms with Crippen LogP contribution >= 0.6 is 11.3 Å². The fraction of sp³-hybridized carbons (Fsp3) is 0. The first-order valence-corrected chi connectivity index (χ1v) is 13.7. The summed E-state index contributed by atoms with van der Waals surface area (Å²) in [6.07, 6.45) is 0. The lowest BCUT2D eigenvalue weighted by molar-refractivity contribution is 0.669. The summed E-state index contributed by atoms with van der Waals surface area (Å²) < 4.78 is 8.93. The van der Waals surface area contributed by atoms with Crippen LogP contribution in [0.4, 0.5) is 0 Å². The Kier molecular flexibility index (Phi) is 4.05. The van der Waals surface area contributed by atoms with Gasteiger partial charge in [-0.05, 0) is 51.6 Å². The quantitative estimate of drug-likeness (QED) is 0.204. The molecule has 9 rings (SSSR count). The van der Waals surface area contributed by atoms with Crippen LogP contribution in [0, 0.1) is 0 Å². The maximum atomic E-state index is 14.2. The molecule has 39 heavy (non-hydrogen) atoms. The van der Waals surface area contributed by atoms with Gasteiger partial charge in [0.25, 0.3) is 5.56 Å². The normalized spacial score (nSPS) is 12.2. The zero-order valence-electron chi connectivity index (χ0n) is 20.5. The van der Waals surface area contributed by atoms with Crippen molar-refractivity contribution in [3.05, 3.63) is 120 Å². The summed E-state index contributed by atoms with van der Waals surface area (Å²) in [5, 5.41) is 6.99. The Morgan fingerprint density at radius 3 is 2.18 bits per heavy atom. The summed E-state index contributed by atoms with van der Waals surface area (Å²) in [5.41, 5.74) is 5.55. The standard InChI is InChI=1S/C34H18N2O2S/c37-33-31-23-10-3-1-8-21(23)22-9-2-4-11-24(22)32(31)35-34-36(33)26-17-16-19(18-29(26)39-34)20-13-7-15-28-30(20)25-12-5-6-14-27(25)38-28/h1-18H. The van der Waals surface area contributed by atoms with Gasteiger partial charge in [-0.3, -0.25) is 9.20 Å². The topological polar surface area (TPSA) is 47.5 Å². The van der Waals surface area contributed by atoms with Crippen LogP contribution in [0.3, 0.4) is 0 Å². The molecule has 5 heteroatoms. The number of benzene rings is 6. The number of fused-ring (bicyclic) bond motifs is 12. The van der Waals surface area contributed by atoms with E-state index in [4.69, 9.17) is 9.40 Å². The average molecular weight is 519 g/mol. The highest BCUT2D eigenvalue weighted by atomic mass is 32.1. The van der Waals surface area contributed by atoms with Gasteiger partial charge in [-0.1, -0.05) is 96.3 Å². The minimum Gasteiger partial charge on any atom is -0.456 e. The Bertz CT molecular complexity index is 2530. The molecular weight excluding hydrogens is 500 g/mol. The molecule has 0 N–H and O–H groups in total. The smallest absolute Gasteiger partial charge is 0.267 e. The van der Waals surface area contributed by atoms with Crippen molar-refractivity contribution in [2.45, 2.75) is 0 Å². The van der Waals surface area contributed by atoms with Crippen molar-refractivity contribution >= 4 is 80.9 Å². The molecule has 3 aromatic heterocycles. The molecule has 3 heterocycles. The van der Waals surface area contributed by atoms with E-state index in [2.05, 4.69) is 42.5 Å². The van der Waals surface area contributed by atoms with E-state index in [0.717, 1.165) is 70.3 Å². The van der Waals surface area contributed by atoms with Gasteiger partial charge in [0.2, 0.25) is 0 Å². The second-order valence-electron chi connectivity index (χ2n) is 9.91. The molecule has 0 aliphatic rings. The Morgan fingerprint density at radius 1 is 0.641 bits per heavy atom. The van der Waals surface area contributed by atoms with Gasteiger partial charge in [0.05, 0.1) is 21.1 Å². The van der Waals surface area contributed by atoms with E-state index in [9.17, 15) is 4.79 Å². The Morgan fingerprint density at radius 2 is 1.33 bits per heavy atom. The van der Waals surface area contributed by atoms with Crippen LogP contribution in [-0.4, -0.2) is 9.38 Å². The molecule has 6 aromatic carbocycles. The molecule has 0 saturated carbocycles. The van der Waals surface area contributed by atoms with Gasteiger partial charge in [0.15, 0.2) is 4.96 Å². The summed E-state index contributed by atoms with van der Waals surface area (Å²) in [5.74, 6) is 0. The number of hydrogen-bond acceptors (Lipinski definition) is 4. The maximum Gasteiger partial charge on any atom is 0.267 e. The van der Waals surface area contributed by atoms with Crippen molar-refractivity contribution < 1.29 is 4.42 Å². The van der Waals surface area contributed by atoms with Crippen molar-refractivity contribution in [2.24, 2.45) is 0 Å². The largest absolute Gasteiger partial charge is 0.456 e. The van der Waals surface area contributed by atoms with Gasteiger partial charge in [-0.2, -0.15) is 0 Å². The van der Waals surface area contributed by atoms with Crippen LogP contribution in [0.25, 0.3) is 80.7 Å². The maximum absolute atomic E-state index is 14.2. The van der Waals surface area contributed by atoms with E-state index in [1.54, 1.807) is 15.7 Å². The molecule has 0 aliphatic heterocycles. The SMILES string of the molecule is O=c1c2c3ccccc3c3ccccc3c2nc2sc3cc(-c4cccc5oc6ccccc6c45)ccc3n12. The molecule has 0 spiro atoms. The molecule has 182 valence electrons. The number of para-hydroxylation sites is 1. The van der Waals surface area contributed by atoms with Crippen LogP contribution in [0.5, 0.6) is 0 Å². The minimum atomic E-state index is -0.0288. The Labute approximate surface area is 225 Å². The van der Waals surface area contributed by atoms with Gasteiger partial charge in [0, 0.05) is 16.2 Å². The molecule has 0 aliphatic carbocycles. The van der Waals surface area contributed by atoms with Gasteiger partial charge >= 0.3 is 0 Å². The zero-order valence-corrected chi connectivity index (χ0v) is 21.3. The van der Waals surface area contributed by atoms with Crippen molar-refractivity contribution in [1.82, 2.24) is 9.38 Å². The van der Waals surface area contributed by atoms with Crippen LogP contribution in [0.1, 0.15) is 0 Å². The number of furan rings is 1. The van der Waals surface area contributed by atoms with Gasteiger partial charge in [-0.25, -0.2) is 4.98 Å². The number of thiazole rings is 1. The molecule has 0 radical (unpaired) electrons. The number of nitrogens with zero attached hydrogens (tertiary/aromatic N) is 2. The average Bonchev–Trinajstić information content (AvgIpc) is 3.55. The van der Waals surface area contributed by atoms with Crippen LogP contribution in [0.15, 0.2) is 118 Å².